The van der Waals surface area contributed by atoms with Crippen molar-refractivity contribution in [1.82, 2.24) is 9.88 Å². The Balaban J connectivity index is 1.70. The standard InChI is InChI=1S/C14H21N3S/c15-14(6-8-17-7-5-10(14)9-17)13-16-11-3-1-2-4-12(11)18-13/h10H,1-9,15H2. The van der Waals surface area contributed by atoms with Crippen LogP contribution in [0, 0.1) is 5.92 Å². The number of aromatic nitrogens is 1. The molecule has 3 heterocycles. The summed E-state index contributed by atoms with van der Waals surface area (Å²) >= 11 is 1.92. The van der Waals surface area contributed by atoms with Gasteiger partial charge in [0.25, 0.3) is 0 Å². The molecule has 3 unspecified atom stereocenters. The average Bonchev–Trinajstić information content (AvgIpc) is 3.00. The lowest BCUT2D eigenvalue weighted by atomic mass is 9.80. The lowest BCUT2D eigenvalue weighted by molar-refractivity contribution is 0.168. The van der Waals surface area contributed by atoms with E-state index in [1.54, 1.807) is 0 Å². The second-order valence-corrected chi connectivity index (χ2v) is 7.26. The summed E-state index contributed by atoms with van der Waals surface area (Å²) in [6.45, 7) is 3.60. The van der Waals surface area contributed by atoms with Gasteiger partial charge in [0.2, 0.25) is 0 Å². The van der Waals surface area contributed by atoms with Crippen LogP contribution in [0.15, 0.2) is 0 Å². The van der Waals surface area contributed by atoms with Crippen molar-refractivity contribution in [1.29, 1.82) is 0 Å². The Morgan fingerprint density at radius 3 is 3.06 bits per heavy atom. The minimum Gasteiger partial charge on any atom is -0.319 e. The van der Waals surface area contributed by atoms with Crippen molar-refractivity contribution < 1.29 is 0 Å². The molecule has 0 aromatic carbocycles. The van der Waals surface area contributed by atoms with Crippen LogP contribution in [0.3, 0.4) is 0 Å². The van der Waals surface area contributed by atoms with Gasteiger partial charge in [0.15, 0.2) is 0 Å². The molecule has 2 fully saturated rings. The van der Waals surface area contributed by atoms with Crippen LogP contribution in [0.4, 0.5) is 0 Å². The molecule has 3 aliphatic rings. The lowest BCUT2D eigenvalue weighted by Crippen LogP contribution is -2.50. The van der Waals surface area contributed by atoms with Crippen LogP contribution < -0.4 is 5.73 Å². The Hall–Kier alpha value is -0.450. The van der Waals surface area contributed by atoms with Crippen LogP contribution >= 0.6 is 11.3 Å². The molecule has 4 heteroatoms. The third-order valence-electron chi connectivity index (χ3n) is 5.09. The minimum absolute atomic E-state index is 0.116. The van der Waals surface area contributed by atoms with E-state index in [0.717, 1.165) is 13.0 Å². The zero-order chi connectivity index (χ0) is 12.2. The van der Waals surface area contributed by atoms with Crippen molar-refractivity contribution in [2.24, 2.45) is 11.7 Å². The first-order chi connectivity index (χ1) is 8.75. The molecule has 1 aromatic heterocycles. The number of nitrogens with zero attached hydrogens (tertiary/aromatic N) is 2. The van der Waals surface area contributed by atoms with E-state index in [9.17, 15) is 0 Å². The molecule has 1 aromatic rings. The average molecular weight is 263 g/mol. The molecule has 98 valence electrons. The Bertz CT molecular complexity index is 446. The van der Waals surface area contributed by atoms with Crippen molar-refractivity contribution in [3.63, 3.8) is 0 Å². The van der Waals surface area contributed by atoms with Gasteiger partial charge in [-0.15, -0.1) is 11.3 Å². The predicted molar refractivity (Wildman–Crippen MR) is 73.8 cm³/mol. The summed E-state index contributed by atoms with van der Waals surface area (Å²) in [7, 11) is 0. The Kier molecular flexibility index (Phi) is 2.54. The van der Waals surface area contributed by atoms with Crippen LogP contribution in [0.1, 0.15) is 41.3 Å². The highest BCUT2D eigenvalue weighted by Gasteiger charge is 2.46. The summed E-state index contributed by atoms with van der Waals surface area (Å²) in [4.78, 5) is 9.03. The summed E-state index contributed by atoms with van der Waals surface area (Å²) in [5.41, 5.74) is 8.05. The molecule has 0 spiro atoms. The molecule has 1 aliphatic carbocycles. The molecular weight excluding hydrogens is 242 g/mol. The van der Waals surface area contributed by atoms with Gasteiger partial charge in [-0.05, 0) is 51.0 Å². The van der Waals surface area contributed by atoms with E-state index in [4.69, 9.17) is 10.7 Å². The monoisotopic (exact) mass is 263 g/mol. The molecule has 4 rings (SSSR count). The fourth-order valence-corrected chi connectivity index (χ4v) is 5.20. The number of fused-ring (bicyclic) bond motifs is 3. The maximum absolute atomic E-state index is 6.80. The van der Waals surface area contributed by atoms with E-state index in [-0.39, 0.29) is 5.54 Å². The molecule has 18 heavy (non-hydrogen) atoms. The first-order valence-electron chi connectivity index (χ1n) is 7.26. The van der Waals surface area contributed by atoms with E-state index in [0.29, 0.717) is 5.92 Å². The van der Waals surface area contributed by atoms with Crippen molar-refractivity contribution in [2.45, 2.75) is 44.1 Å². The zero-order valence-corrected chi connectivity index (χ0v) is 11.6. The normalized spacial score (nSPS) is 38.7. The van der Waals surface area contributed by atoms with Crippen LogP contribution in [0.5, 0.6) is 0 Å². The Labute approximate surface area is 112 Å². The number of nitrogens with two attached hydrogens (primary N) is 1. The summed E-state index contributed by atoms with van der Waals surface area (Å²) in [6, 6.07) is 0. The van der Waals surface area contributed by atoms with Gasteiger partial charge in [-0.25, -0.2) is 4.98 Å². The number of aryl methyl sites for hydroxylation is 2. The summed E-state index contributed by atoms with van der Waals surface area (Å²) < 4.78 is 0. The van der Waals surface area contributed by atoms with Crippen molar-refractivity contribution in [2.75, 3.05) is 19.6 Å². The predicted octanol–water partition coefficient (Wildman–Crippen LogP) is 1.90. The fourth-order valence-electron chi connectivity index (χ4n) is 3.84. The number of hydrogen-bond acceptors (Lipinski definition) is 4. The molecular formula is C14H21N3S. The van der Waals surface area contributed by atoms with Gasteiger partial charge in [-0.1, -0.05) is 0 Å². The second kappa shape index (κ2) is 4.02. The fraction of sp³-hybridized carbons (Fsp3) is 0.786. The summed E-state index contributed by atoms with van der Waals surface area (Å²) in [6.07, 6.45) is 7.43. The lowest BCUT2D eigenvalue weighted by Gasteiger charge is -2.38. The minimum atomic E-state index is -0.116. The van der Waals surface area contributed by atoms with Gasteiger partial charge >= 0.3 is 0 Å². The van der Waals surface area contributed by atoms with Crippen molar-refractivity contribution in [3.8, 4) is 0 Å². The molecule has 0 amide bonds. The number of rotatable bonds is 1. The highest BCUT2D eigenvalue weighted by Crippen LogP contribution is 2.43. The van der Waals surface area contributed by atoms with Crippen LogP contribution in [0.25, 0.3) is 0 Å². The number of thiazole rings is 1. The van der Waals surface area contributed by atoms with Crippen molar-refractivity contribution >= 4 is 11.3 Å². The van der Waals surface area contributed by atoms with Gasteiger partial charge in [0.05, 0.1) is 11.2 Å². The smallest absolute Gasteiger partial charge is 0.113 e. The van der Waals surface area contributed by atoms with Crippen LogP contribution in [-0.4, -0.2) is 29.5 Å². The summed E-state index contributed by atoms with van der Waals surface area (Å²) in [5.74, 6) is 0.638. The molecule has 2 aliphatic heterocycles. The number of piperidine rings is 1. The van der Waals surface area contributed by atoms with E-state index in [1.807, 2.05) is 11.3 Å². The molecule has 3 atom stereocenters. The topological polar surface area (TPSA) is 42.1 Å². The maximum Gasteiger partial charge on any atom is 0.113 e. The van der Waals surface area contributed by atoms with Gasteiger partial charge < -0.3 is 10.6 Å². The van der Waals surface area contributed by atoms with Gasteiger partial charge in [-0.3, -0.25) is 0 Å². The number of hydrogen-bond donors (Lipinski definition) is 1. The third kappa shape index (κ3) is 1.59. The quantitative estimate of drug-likeness (QED) is 0.841. The molecule has 2 saturated heterocycles. The van der Waals surface area contributed by atoms with E-state index in [2.05, 4.69) is 4.90 Å². The largest absolute Gasteiger partial charge is 0.319 e. The van der Waals surface area contributed by atoms with E-state index >= 15 is 0 Å². The Morgan fingerprint density at radius 1 is 1.28 bits per heavy atom. The van der Waals surface area contributed by atoms with Crippen molar-refractivity contribution in [3.05, 3.63) is 15.6 Å². The van der Waals surface area contributed by atoms with E-state index in [1.165, 1.54) is 60.8 Å². The molecule has 0 saturated carbocycles. The first kappa shape index (κ1) is 11.4. The molecule has 2 N–H and O–H groups in total. The van der Waals surface area contributed by atoms with Gasteiger partial charge in [-0.2, -0.15) is 0 Å². The highest BCUT2D eigenvalue weighted by atomic mass is 32.1. The molecule has 2 bridgehead atoms. The third-order valence-corrected chi connectivity index (χ3v) is 6.44. The van der Waals surface area contributed by atoms with Gasteiger partial charge in [0, 0.05) is 18.0 Å². The first-order valence-corrected chi connectivity index (χ1v) is 8.08. The Morgan fingerprint density at radius 2 is 2.17 bits per heavy atom. The van der Waals surface area contributed by atoms with Crippen LogP contribution in [0.2, 0.25) is 0 Å². The maximum atomic E-state index is 6.80. The van der Waals surface area contributed by atoms with Gasteiger partial charge in [0.1, 0.15) is 5.01 Å². The SMILES string of the molecule is NC1(c2nc3c(s2)CCCC3)CCN2CCC1C2. The van der Waals surface area contributed by atoms with E-state index < -0.39 is 0 Å². The molecule has 3 nitrogen and oxygen atoms in total. The van der Waals surface area contributed by atoms with Crippen LogP contribution in [-0.2, 0) is 18.4 Å². The second-order valence-electron chi connectivity index (χ2n) is 6.17. The molecule has 0 radical (unpaired) electrons. The highest BCUT2D eigenvalue weighted by molar-refractivity contribution is 7.11. The summed E-state index contributed by atoms with van der Waals surface area (Å²) in [5, 5.41) is 1.25. The zero-order valence-electron chi connectivity index (χ0n) is 10.8.